The van der Waals surface area contributed by atoms with Crippen LogP contribution in [0.2, 0.25) is 0 Å². The number of hydrogen-bond donors (Lipinski definition) is 2. The van der Waals surface area contributed by atoms with Crippen molar-refractivity contribution in [3.63, 3.8) is 0 Å². The highest BCUT2D eigenvalue weighted by molar-refractivity contribution is 7.89. The summed E-state index contributed by atoms with van der Waals surface area (Å²) in [4.78, 5) is 0.272. The fourth-order valence-electron chi connectivity index (χ4n) is 2.23. The van der Waals surface area contributed by atoms with Crippen molar-refractivity contribution in [2.24, 2.45) is 0 Å². The van der Waals surface area contributed by atoms with Crippen molar-refractivity contribution in [1.29, 1.82) is 0 Å². The molecule has 0 saturated heterocycles. The van der Waals surface area contributed by atoms with Crippen LogP contribution < -0.4 is 10.0 Å². The molecule has 5 nitrogen and oxygen atoms in total. The number of methoxy groups -OCH3 is 1. The van der Waals surface area contributed by atoms with Crippen LogP contribution in [0.4, 0.5) is 5.69 Å². The number of anilines is 1. The second-order valence-corrected chi connectivity index (χ2v) is 7.45. The summed E-state index contributed by atoms with van der Waals surface area (Å²) in [6.45, 7) is 8.15. The minimum absolute atomic E-state index is 0.0814. The van der Waals surface area contributed by atoms with Crippen LogP contribution in [0.5, 0.6) is 0 Å². The fourth-order valence-corrected chi connectivity index (χ4v) is 3.43. The molecule has 0 heterocycles. The van der Waals surface area contributed by atoms with Gasteiger partial charge in [0.15, 0.2) is 0 Å². The normalized spacial score (nSPS) is 14.0. The molecule has 0 aliphatic rings. The van der Waals surface area contributed by atoms with E-state index in [1.165, 1.54) is 0 Å². The smallest absolute Gasteiger partial charge is 0.242 e. The van der Waals surface area contributed by atoms with E-state index in [-0.39, 0.29) is 16.5 Å². The van der Waals surface area contributed by atoms with Gasteiger partial charge in [-0.05, 0) is 39.3 Å². The van der Waals surface area contributed by atoms with Crippen molar-refractivity contribution in [1.82, 2.24) is 4.72 Å². The van der Waals surface area contributed by atoms with E-state index in [0.717, 1.165) is 6.42 Å². The van der Waals surface area contributed by atoms with Crippen LogP contribution in [0, 0.1) is 0 Å². The molecular formula is C15H26N2O3S. The molecule has 2 N–H and O–H groups in total. The summed E-state index contributed by atoms with van der Waals surface area (Å²) in [6.07, 6.45) is 0.763. The Bertz CT molecular complexity index is 556. The first-order chi connectivity index (χ1) is 9.72. The van der Waals surface area contributed by atoms with E-state index in [9.17, 15) is 8.42 Å². The van der Waals surface area contributed by atoms with Crippen LogP contribution in [-0.2, 0) is 14.8 Å². The van der Waals surface area contributed by atoms with Gasteiger partial charge in [0.1, 0.15) is 4.90 Å². The maximum atomic E-state index is 12.2. The van der Waals surface area contributed by atoms with Gasteiger partial charge in [0.05, 0.1) is 11.3 Å². The van der Waals surface area contributed by atoms with Gasteiger partial charge in [-0.1, -0.05) is 19.1 Å². The average Bonchev–Trinajstić information content (AvgIpc) is 2.38. The zero-order valence-electron chi connectivity index (χ0n) is 13.4. The van der Waals surface area contributed by atoms with Gasteiger partial charge in [-0.2, -0.15) is 0 Å². The average molecular weight is 314 g/mol. The van der Waals surface area contributed by atoms with Gasteiger partial charge in [-0.3, -0.25) is 0 Å². The van der Waals surface area contributed by atoms with E-state index in [1.54, 1.807) is 32.2 Å². The molecule has 0 bridgehead atoms. The molecule has 6 heteroatoms. The van der Waals surface area contributed by atoms with Crippen LogP contribution in [0.25, 0.3) is 0 Å². The topological polar surface area (TPSA) is 67.4 Å². The molecule has 21 heavy (non-hydrogen) atoms. The second-order valence-electron chi connectivity index (χ2n) is 5.71. The Morgan fingerprint density at radius 1 is 1.29 bits per heavy atom. The summed E-state index contributed by atoms with van der Waals surface area (Å²) in [5.74, 6) is 0. The maximum Gasteiger partial charge on any atom is 0.242 e. The lowest BCUT2D eigenvalue weighted by Crippen LogP contribution is -2.32. The van der Waals surface area contributed by atoms with E-state index in [4.69, 9.17) is 4.74 Å². The second kappa shape index (κ2) is 7.24. The molecular weight excluding hydrogens is 288 g/mol. The summed E-state index contributed by atoms with van der Waals surface area (Å²) < 4.78 is 32.3. The number of nitrogens with one attached hydrogen (secondary N) is 2. The number of hydrogen-bond acceptors (Lipinski definition) is 4. The van der Waals surface area contributed by atoms with Gasteiger partial charge in [0.2, 0.25) is 10.0 Å². The number of para-hydroxylation sites is 1. The Kier molecular flexibility index (Phi) is 6.19. The van der Waals surface area contributed by atoms with Gasteiger partial charge in [0.25, 0.3) is 0 Å². The summed E-state index contributed by atoms with van der Waals surface area (Å²) in [5, 5.41) is 3.27. The minimum atomic E-state index is -3.48. The molecule has 0 amide bonds. The van der Waals surface area contributed by atoms with Crippen molar-refractivity contribution >= 4 is 15.7 Å². The lowest BCUT2D eigenvalue weighted by molar-refractivity contribution is 0.0128. The molecule has 1 atom stereocenters. The van der Waals surface area contributed by atoms with E-state index in [0.29, 0.717) is 12.2 Å². The standard InChI is InChI=1S/C15H26N2O3S/c1-6-16-21(18,19)14-10-8-7-9-13(14)17-12(2)11-15(3,4)20-5/h7-10,12,16-17H,6,11H2,1-5H3. The number of sulfonamides is 1. The molecule has 1 unspecified atom stereocenters. The molecule has 0 radical (unpaired) electrons. The van der Waals surface area contributed by atoms with Crippen molar-refractivity contribution in [3.05, 3.63) is 24.3 Å². The number of benzene rings is 1. The summed E-state index contributed by atoms with van der Waals surface area (Å²) in [7, 11) is -1.80. The van der Waals surface area contributed by atoms with Gasteiger partial charge >= 0.3 is 0 Å². The quantitative estimate of drug-likeness (QED) is 0.774. The minimum Gasteiger partial charge on any atom is -0.381 e. The van der Waals surface area contributed by atoms with Crippen LogP contribution in [0.1, 0.15) is 34.1 Å². The zero-order chi connectivity index (χ0) is 16.1. The fraction of sp³-hybridized carbons (Fsp3) is 0.600. The predicted molar refractivity (Wildman–Crippen MR) is 86.1 cm³/mol. The van der Waals surface area contributed by atoms with Crippen molar-refractivity contribution in [3.8, 4) is 0 Å². The van der Waals surface area contributed by atoms with E-state index < -0.39 is 10.0 Å². The first-order valence-corrected chi connectivity index (χ1v) is 8.60. The van der Waals surface area contributed by atoms with Crippen LogP contribution in [-0.4, -0.2) is 33.7 Å². The van der Waals surface area contributed by atoms with Crippen LogP contribution >= 0.6 is 0 Å². The lowest BCUT2D eigenvalue weighted by Gasteiger charge is -2.28. The molecule has 120 valence electrons. The predicted octanol–water partition coefficient (Wildman–Crippen LogP) is 2.60. The molecule has 1 rings (SSSR count). The first-order valence-electron chi connectivity index (χ1n) is 7.12. The molecule has 0 aliphatic carbocycles. The van der Waals surface area contributed by atoms with Crippen LogP contribution in [0.3, 0.4) is 0 Å². The molecule has 0 saturated carbocycles. The molecule has 0 aromatic heterocycles. The molecule has 0 spiro atoms. The van der Waals surface area contributed by atoms with Crippen molar-refractivity contribution in [2.75, 3.05) is 19.0 Å². The highest BCUT2D eigenvalue weighted by Gasteiger charge is 2.22. The van der Waals surface area contributed by atoms with Crippen molar-refractivity contribution < 1.29 is 13.2 Å². The largest absolute Gasteiger partial charge is 0.381 e. The Morgan fingerprint density at radius 2 is 1.90 bits per heavy atom. The van der Waals surface area contributed by atoms with Gasteiger partial charge in [0, 0.05) is 19.7 Å². The van der Waals surface area contributed by atoms with Gasteiger partial charge in [-0.25, -0.2) is 13.1 Å². The van der Waals surface area contributed by atoms with E-state index in [2.05, 4.69) is 10.0 Å². The first kappa shape index (κ1) is 17.9. The molecule has 0 fully saturated rings. The molecule has 1 aromatic carbocycles. The Labute approximate surface area is 128 Å². The summed E-state index contributed by atoms with van der Waals surface area (Å²) >= 11 is 0. The van der Waals surface area contributed by atoms with E-state index in [1.807, 2.05) is 26.8 Å². The highest BCUT2D eigenvalue weighted by atomic mass is 32.2. The SMILES string of the molecule is CCNS(=O)(=O)c1ccccc1NC(C)CC(C)(C)OC. The van der Waals surface area contributed by atoms with E-state index >= 15 is 0 Å². The zero-order valence-corrected chi connectivity index (χ0v) is 14.3. The van der Waals surface area contributed by atoms with Crippen LogP contribution in [0.15, 0.2) is 29.2 Å². The monoisotopic (exact) mass is 314 g/mol. The Morgan fingerprint density at radius 3 is 2.48 bits per heavy atom. The lowest BCUT2D eigenvalue weighted by atomic mass is 10.00. The summed E-state index contributed by atoms with van der Waals surface area (Å²) in [6, 6.07) is 7.01. The highest BCUT2D eigenvalue weighted by Crippen LogP contribution is 2.24. The molecule has 1 aromatic rings. The third kappa shape index (κ3) is 5.30. The third-order valence-electron chi connectivity index (χ3n) is 3.26. The Balaban J connectivity index is 2.95. The van der Waals surface area contributed by atoms with Gasteiger partial charge < -0.3 is 10.1 Å². The third-order valence-corrected chi connectivity index (χ3v) is 4.87. The maximum absolute atomic E-state index is 12.2. The number of rotatable bonds is 8. The molecule has 0 aliphatic heterocycles. The number of ether oxygens (including phenoxy) is 1. The van der Waals surface area contributed by atoms with Crippen molar-refractivity contribution in [2.45, 2.75) is 50.7 Å². The Hall–Kier alpha value is -1.11. The van der Waals surface area contributed by atoms with Gasteiger partial charge in [-0.15, -0.1) is 0 Å². The summed E-state index contributed by atoms with van der Waals surface area (Å²) in [5.41, 5.74) is 0.347.